The van der Waals surface area contributed by atoms with Gasteiger partial charge in [-0.15, -0.1) is 40.6 Å². The van der Waals surface area contributed by atoms with Gasteiger partial charge in [0.15, 0.2) is 5.16 Å². The molecule has 0 saturated heterocycles. The zero-order valence-corrected chi connectivity index (χ0v) is 17.9. The van der Waals surface area contributed by atoms with Gasteiger partial charge in [0.2, 0.25) is 0 Å². The monoisotopic (exact) mass is 431 g/mol. The van der Waals surface area contributed by atoms with Gasteiger partial charge in [-0.05, 0) is 17.9 Å². The first-order valence-electron chi connectivity index (χ1n) is 8.44. The Morgan fingerprint density at radius 3 is 2.85 bits per heavy atom. The van der Waals surface area contributed by atoms with E-state index in [4.69, 9.17) is 4.98 Å². The minimum absolute atomic E-state index is 0.000393. The number of aryl methyl sites for hydroxylation is 1. The molecule has 138 valence electrons. The molecule has 0 aromatic carbocycles. The molecule has 0 saturated carbocycles. The van der Waals surface area contributed by atoms with E-state index in [9.17, 15) is 4.79 Å². The van der Waals surface area contributed by atoms with Crippen molar-refractivity contribution in [3.05, 3.63) is 62.0 Å². The minimum atomic E-state index is -0.000393. The third-order valence-electron chi connectivity index (χ3n) is 4.01. The molecule has 0 spiro atoms. The molecule has 0 fully saturated rings. The number of hydrogen-bond acceptors (Lipinski definition) is 7. The van der Waals surface area contributed by atoms with Crippen LogP contribution >= 0.6 is 45.8 Å². The van der Waals surface area contributed by atoms with Gasteiger partial charge in [0.05, 0.1) is 16.1 Å². The summed E-state index contributed by atoms with van der Waals surface area (Å²) in [6.07, 6.45) is 2.69. The van der Waals surface area contributed by atoms with E-state index in [0.29, 0.717) is 17.7 Å². The van der Waals surface area contributed by atoms with Gasteiger partial charge in [-0.3, -0.25) is 9.36 Å². The smallest absolute Gasteiger partial charge is 0.263 e. The van der Waals surface area contributed by atoms with Crippen molar-refractivity contribution in [2.24, 2.45) is 0 Å². The molecule has 27 heavy (non-hydrogen) atoms. The molecule has 4 nitrogen and oxygen atoms in total. The number of allylic oxidation sites excluding steroid dienone is 1. The normalized spacial score (nSPS) is 11.3. The Morgan fingerprint density at radius 2 is 2.15 bits per heavy atom. The van der Waals surface area contributed by atoms with Gasteiger partial charge in [0, 0.05) is 33.5 Å². The Balaban J connectivity index is 1.75. The summed E-state index contributed by atoms with van der Waals surface area (Å²) in [5.74, 6) is 0.703. The maximum Gasteiger partial charge on any atom is 0.263 e. The van der Waals surface area contributed by atoms with Gasteiger partial charge in [-0.25, -0.2) is 9.97 Å². The number of rotatable bonds is 7. The SMILES string of the molecule is C=CCn1c(SCc2csc(CC)n2)nc2scc(-c3cccs3)c2c1=O. The van der Waals surface area contributed by atoms with Crippen LogP contribution in [0.2, 0.25) is 0 Å². The third kappa shape index (κ3) is 3.67. The predicted octanol–water partition coefficient (Wildman–Crippen LogP) is 5.68. The maximum absolute atomic E-state index is 13.2. The number of hydrogen-bond donors (Lipinski definition) is 0. The van der Waals surface area contributed by atoms with E-state index in [-0.39, 0.29) is 5.56 Å². The first-order chi connectivity index (χ1) is 13.2. The number of thioether (sulfide) groups is 1. The Hall–Kier alpha value is -1.74. The molecule has 0 bridgehead atoms. The molecule has 8 heteroatoms. The highest BCUT2D eigenvalue weighted by molar-refractivity contribution is 7.98. The molecule has 4 heterocycles. The Kier molecular flexibility index (Phi) is 5.58. The second kappa shape index (κ2) is 8.10. The highest BCUT2D eigenvalue weighted by atomic mass is 32.2. The van der Waals surface area contributed by atoms with Crippen molar-refractivity contribution in [3.63, 3.8) is 0 Å². The van der Waals surface area contributed by atoms with E-state index in [2.05, 4.69) is 23.9 Å². The molecule has 4 aromatic heterocycles. The number of nitrogens with zero attached hydrogens (tertiary/aromatic N) is 3. The van der Waals surface area contributed by atoms with Crippen molar-refractivity contribution in [2.45, 2.75) is 30.8 Å². The van der Waals surface area contributed by atoms with Crippen LogP contribution in [0.5, 0.6) is 0 Å². The van der Waals surface area contributed by atoms with Crippen LogP contribution < -0.4 is 5.56 Å². The summed E-state index contributed by atoms with van der Waals surface area (Å²) >= 11 is 6.40. The average Bonchev–Trinajstić information content (AvgIpc) is 3.42. The predicted molar refractivity (Wildman–Crippen MR) is 118 cm³/mol. The standard InChI is InChI=1S/C19H17N3OS4/c1-3-7-22-18(23)16-13(14-6-5-8-24-14)11-26-17(16)21-19(22)27-10-12-9-25-15(4-2)20-12/h3,5-6,8-9,11H,1,4,7,10H2,2H3. The number of aromatic nitrogens is 3. The lowest BCUT2D eigenvalue weighted by Gasteiger charge is -2.10. The zero-order chi connectivity index (χ0) is 18.8. The fraction of sp³-hybridized carbons (Fsp3) is 0.211. The van der Waals surface area contributed by atoms with E-state index in [1.54, 1.807) is 45.1 Å². The Bertz CT molecular complexity index is 1140. The number of thiazole rings is 1. The van der Waals surface area contributed by atoms with Crippen LogP contribution in [0.3, 0.4) is 0 Å². The van der Waals surface area contributed by atoms with E-state index in [1.807, 2.05) is 22.9 Å². The summed E-state index contributed by atoms with van der Waals surface area (Å²) in [4.78, 5) is 24.5. The molecule has 4 aromatic rings. The number of thiophene rings is 2. The second-order valence-electron chi connectivity index (χ2n) is 5.78. The van der Waals surface area contributed by atoms with E-state index < -0.39 is 0 Å². The van der Waals surface area contributed by atoms with Crippen LogP contribution in [0.1, 0.15) is 17.6 Å². The van der Waals surface area contributed by atoms with Crippen LogP contribution in [0, 0.1) is 0 Å². The van der Waals surface area contributed by atoms with Crippen molar-refractivity contribution < 1.29 is 0 Å². The topological polar surface area (TPSA) is 47.8 Å². The summed E-state index contributed by atoms with van der Waals surface area (Å²) in [6.45, 7) is 6.36. The average molecular weight is 432 g/mol. The first kappa shape index (κ1) is 18.6. The minimum Gasteiger partial charge on any atom is -0.283 e. The summed E-state index contributed by atoms with van der Waals surface area (Å²) in [7, 11) is 0. The molecule has 0 aliphatic rings. The summed E-state index contributed by atoms with van der Waals surface area (Å²) in [6, 6.07) is 4.04. The number of fused-ring (bicyclic) bond motifs is 1. The van der Waals surface area contributed by atoms with Crippen molar-refractivity contribution in [3.8, 4) is 10.4 Å². The quantitative estimate of drug-likeness (QED) is 0.214. The third-order valence-corrected chi connectivity index (χ3v) is 7.84. The lowest BCUT2D eigenvalue weighted by Crippen LogP contribution is -2.22. The van der Waals surface area contributed by atoms with Crippen LogP contribution in [-0.2, 0) is 18.7 Å². The first-order valence-corrected chi connectivity index (χ1v) is 12.1. The molecule has 0 atom stereocenters. The van der Waals surface area contributed by atoms with Crippen molar-refractivity contribution in [2.75, 3.05) is 0 Å². The summed E-state index contributed by atoms with van der Waals surface area (Å²) < 4.78 is 1.72. The molecule has 0 aliphatic carbocycles. The van der Waals surface area contributed by atoms with Gasteiger partial charge in [-0.2, -0.15) is 0 Å². The van der Waals surface area contributed by atoms with Crippen molar-refractivity contribution in [1.82, 2.24) is 14.5 Å². The lowest BCUT2D eigenvalue weighted by atomic mass is 10.2. The highest BCUT2D eigenvalue weighted by Crippen LogP contribution is 2.35. The van der Waals surface area contributed by atoms with Crippen LogP contribution in [-0.4, -0.2) is 14.5 Å². The van der Waals surface area contributed by atoms with Gasteiger partial charge in [-0.1, -0.05) is 30.8 Å². The van der Waals surface area contributed by atoms with Crippen molar-refractivity contribution in [1.29, 1.82) is 0 Å². The molecule has 4 rings (SSSR count). The lowest BCUT2D eigenvalue weighted by molar-refractivity contribution is 0.673. The van der Waals surface area contributed by atoms with Gasteiger partial charge >= 0.3 is 0 Å². The second-order valence-corrected chi connectivity index (χ2v) is 9.47. The van der Waals surface area contributed by atoms with Crippen molar-refractivity contribution >= 4 is 56.0 Å². The van der Waals surface area contributed by atoms with Crippen LogP contribution in [0.15, 0.2) is 50.9 Å². The van der Waals surface area contributed by atoms with E-state index in [0.717, 1.165) is 37.5 Å². The molecule has 0 aliphatic heterocycles. The fourth-order valence-electron chi connectivity index (χ4n) is 2.74. The summed E-state index contributed by atoms with van der Waals surface area (Å²) in [5, 5.41) is 8.70. The summed E-state index contributed by atoms with van der Waals surface area (Å²) in [5.41, 5.74) is 2.01. The molecule has 0 amide bonds. The largest absolute Gasteiger partial charge is 0.283 e. The highest BCUT2D eigenvalue weighted by Gasteiger charge is 2.17. The zero-order valence-electron chi connectivity index (χ0n) is 14.7. The van der Waals surface area contributed by atoms with Crippen LogP contribution in [0.4, 0.5) is 0 Å². The van der Waals surface area contributed by atoms with E-state index in [1.165, 1.54) is 11.3 Å². The van der Waals surface area contributed by atoms with Gasteiger partial charge in [0.1, 0.15) is 4.83 Å². The molecule has 0 N–H and O–H groups in total. The van der Waals surface area contributed by atoms with Gasteiger partial charge in [0.25, 0.3) is 5.56 Å². The molecule has 0 radical (unpaired) electrons. The molecular formula is C19H17N3OS4. The molecular weight excluding hydrogens is 414 g/mol. The maximum atomic E-state index is 13.2. The van der Waals surface area contributed by atoms with E-state index >= 15 is 0 Å². The van der Waals surface area contributed by atoms with Gasteiger partial charge < -0.3 is 0 Å². The fourth-order valence-corrected chi connectivity index (χ4v) is 6.29. The van der Waals surface area contributed by atoms with Crippen LogP contribution in [0.25, 0.3) is 20.7 Å². The molecule has 0 unspecified atom stereocenters. The Labute approximate surface area is 173 Å². The Morgan fingerprint density at radius 1 is 1.26 bits per heavy atom.